The summed E-state index contributed by atoms with van der Waals surface area (Å²) in [5, 5.41) is 3.30. The van der Waals surface area contributed by atoms with Crippen LogP contribution in [0.2, 0.25) is 0 Å². The molecule has 0 spiro atoms. The van der Waals surface area contributed by atoms with Crippen molar-refractivity contribution < 1.29 is 4.42 Å². The van der Waals surface area contributed by atoms with Crippen LogP contribution in [0, 0.1) is 0 Å². The van der Waals surface area contributed by atoms with Gasteiger partial charge in [0.1, 0.15) is 0 Å². The zero-order chi connectivity index (χ0) is 13.5. The average molecular weight is 265 g/mol. The molecule has 20 heavy (non-hydrogen) atoms. The van der Waals surface area contributed by atoms with Gasteiger partial charge in [-0.1, -0.05) is 0 Å². The van der Waals surface area contributed by atoms with Crippen molar-refractivity contribution in [3.05, 3.63) is 43.2 Å². The van der Waals surface area contributed by atoms with Crippen LogP contribution in [0.1, 0.15) is 0 Å². The molecule has 0 fully saturated rings. The Balaban J connectivity index is 1.83. The summed E-state index contributed by atoms with van der Waals surface area (Å²) in [4.78, 5) is 14.6. The van der Waals surface area contributed by atoms with E-state index in [1.54, 1.807) is 18.6 Å². The van der Waals surface area contributed by atoms with Crippen LogP contribution in [0.5, 0.6) is 0 Å². The molecular formula is C14H11N5O. The third-order valence-corrected chi connectivity index (χ3v) is 3.32. The molecule has 4 rings (SSSR count). The first-order valence-corrected chi connectivity index (χ1v) is 6.17. The van der Waals surface area contributed by atoms with Gasteiger partial charge in [-0.25, -0.2) is 15.0 Å². The Morgan fingerprint density at radius 1 is 1.20 bits per heavy atom. The number of nitrogens with one attached hydrogen (secondary N) is 1. The van der Waals surface area contributed by atoms with Crippen LogP contribution in [0.25, 0.3) is 11.3 Å². The Morgan fingerprint density at radius 3 is 2.95 bits per heavy atom. The zero-order valence-electron chi connectivity index (χ0n) is 10.7. The molecule has 0 bridgehead atoms. The smallest absolute Gasteiger partial charge is 0.181 e. The molecule has 1 N–H and O–H groups in total. The van der Waals surface area contributed by atoms with E-state index in [0.29, 0.717) is 0 Å². The lowest BCUT2D eigenvalue weighted by Gasteiger charge is -2.28. The summed E-state index contributed by atoms with van der Waals surface area (Å²) >= 11 is 0. The van der Waals surface area contributed by atoms with E-state index in [2.05, 4.69) is 20.3 Å². The van der Waals surface area contributed by atoms with Gasteiger partial charge in [0.15, 0.2) is 23.8 Å². The number of hydrogen-bond donors (Lipinski definition) is 1. The maximum Gasteiger partial charge on any atom is 0.181 e. The lowest BCUT2D eigenvalue weighted by atomic mass is 10.1. The number of oxazole rings is 1. The minimum atomic E-state index is 0.738. The van der Waals surface area contributed by atoms with Crippen molar-refractivity contribution in [1.82, 2.24) is 15.0 Å². The number of rotatable bonds is 1. The molecule has 0 unspecified atom stereocenters. The Morgan fingerprint density at radius 2 is 2.10 bits per heavy atom. The summed E-state index contributed by atoms with van der Waals surface area (Å²) in [7, 11) is 1.97. The molecule has 0 saturated carbocycles. The number of aromatic nitrogens is 3. The Labute approximate surface area is 115 Å². The van der Waals surface area contributed by atoms with Gasteiger partial charge in [-0.3, -0.25) is 0 Å². The predicted molar refractivity (Wildman–Crippen MR) is 75.3 cm³/mol. The van der Waals surface area contributed by atoms with Crippen molar-refractivity contribution in [3.8, 4) is 11.3 Å². The molecule has 0 radical (unpaired) electrons. The van der Waals surface area contributed by atoms with Gasteiger partial charge in [0.05, 0.1) is 17.6 Å². The first-order valence-electron chi connectivity index (χ1n) is 6.17. The molecule has 0 saturated heterocycles. The highest BCUT2D eigenvalue weighted by atomic mass is 16.3. The van der Waals surface area contributed by atoms with Gasteiger partial charge in [0.25, 0.3) is 0 Å². The van der Waals surface area contributed by atoms with Crippen LogP contribution >= 0.6 is 0 Å². The van der Waals surface area contributed by atoms with Crippen LogP contribution < -0.4 is 10.2 Å². The minimum absolute atomic E-state index is 0.738. The molecule has 1 aliphatic heterocycles. The second kappa shape index (κ2) is 4.06. The van der Waals surface area contributed by atoms with Crippen molar-refractivity contribution in [2.45, 2.75) is 0 Å². The standard InChI is InChI=1S/C14H11N5O/c1-19-11-3-2-9(12-7-15-8-20-12)6-10(11)18-13-14(19)17-5-4-16-13/h2-8H,1H3,(H,16,18). The quantitative estimate of drug-likeness (QED) is 0.729. The van der Waals surface area contributed by atoms with Crippen LogP contribution in [0.15, 0.2) is 47.6 Å². The first kappa shape index (κ1) is 11.0. The molecule has 1 aliphatic rings. The normalized spacial score (nSPS) is 12.6. The van der Waals surface area contributed by atoms with Crippen molar-refractivity contribution in [1.29, 1.82) is 0 Å². The molecule has 0 amide bonds. The summed E-state index contributed by atoms with van der Waals surface area (Å²) in [6.07, 6.45) is 6.48. The number of fused-ring (bicyclic) bond motifs is 2. The number of hydrogen-bond acceptors (Lipinski definition) is 6. The maximum absolute atomic E-state index is 5.33. The van der Waals surface area contributed by atoms with Crippen LogP contribution in [0.3, 0.4) is 0 Å². The highest BCUT2D eigenvalue weighted by Gasteiger charge is 2.22. The van der Waals surface area contributed by atoms with Gasteiger partial charge in [-0.15, -0.1) is 0 Å². The summed E-state index contributed by atoms with van der Waals surface area (Å²) in [5.41, 5.74) is 2.98. The molecule has 3 aromatic rings. The largest absolute Gasteiger partial charge is 0.444 e. The van der Waals surface area contributed by atoms with Crippen LogP contribution in [-0.4, -0.2) is 22.0 Å². The van der Waals surface area contributed by atoms with E-state index >= 15 is 0 Å². The Hall–Kier alpha value is -2.89. The maximum atomic E-state index is 5.33. The van der Waals surface area contributed by atoms with Gasteiger partial charge in [-0.05, 0) is 18.2 Å². The van der Waals surface area contributed by atoms with Crippen molar-refractivity contribution in [2.75, 3.05) is 17.3 Å². The third-order valence-electron chi connectivity index (χ3n) is 3.32. The van der Waals surface area contributed by atoms with E-state index in [1.165, 1.54) is 6.39 Å². The lowest BCUT2D eigenvalue weighted by molar-refractivity contribution is 0.572. The van der Waals surface area contributed by atoms with Crippen LogP contribution in [0.4, 0.5) is 23.0 Å². The van der Waals surface area contributed by atoms with Gasteiger partial charge in [0.2, 0.25) is 0 Å². The average Bonchev–Trinajstić information content (AvgIpc) is 3.01. The van der Waals surface area contributed by atoms with E-state index in [-0.39, 0.29) is 0 Å². The highest BCUT2D eigenvalue weighted by Crippen LogP contribution is 2.41. The molecule has 0 atom stereocenters. The summed E-state index contributed by atoms with van der Waals surface area (Å²) in [6.45, 7) is 0. The molecule has 2 aromatic heterocycles. The van der Waals surface area contributed by atoms with E-state index in [0.717, 1.165) is 34.3 Å². The summed E-state index contributed by atoms with van der Waals surface area (Å²) in [5.74, 6) is 2.30. The number of benzene rings is 1. The van der Waals surface area contributed by atoms with Gasteiger partial charge >= 0.3 is 0 Å². The fourth-order valence-electron chi connectivity index (χ4n) is 2.35. The molecule has 3 heterocycles. The lowest BCUT2D eigenvalue weighted by Crippen LogP contribution is -2.19. The Kier molecular flexibility index (Phi) is 2.23. The van der Waals surface area contributed by atoms with Gasteiger partial charge < -0.3 is 14.6 Å². The van der Waals surface area contributed by atoms with E-state index in [1.807, 2.05) is 30.1 Å². The summed E-state index contributed by atoms with van der Waals surface area (Å²) in [6, 6.07) is 6.04. The fourth-order valence-corrected chi connectivity index (χ4v) is 2.35. The first-order chi connectivity index (χ1) is 9.83. The molecule has 1 aromatic carbocycles. The SMILES string of the molecule is CN1c2ccc(-c3cnco3)cc2Nc2nccnc21. The highest BCUT2D eigenvalue weighted by molar-refractivity contribution is 5.89. The van der Waals surface area contributed by atoms with Gasteiger partial charge in [-0.2, -0.15) is 0 Å². The topological polar surface area (TPSA) is 67.1 Å². The second-order valence-electron chi connectivity index (χ2n) is 4.51. The zero-order valence-corrected chi connectivity index (χ0v) is 10.7. The number of anilines is 4. The van der Waals surface area contributed by atoms with Crippen molar-refractivity contribution in [2.24, 2.45) is 0 Å². The third kappa shape index (κ3) is 1.55. The molecule has 6 heteroatoms. The van der Waals surface area contributed by atoms with Gasteiger partial charge in [0, 0.05) is 25.0 Å². The predicted octanol–water partition coefficient (Wildman–Crippen LogP) is 2.96. The monoisotopic (exact) mass is 265 g/mol. The van der Waals surface area contributed by atoms with Crippen molar-refractivity contribution >= 4 is 23.0 Å². The fraction of sp³-hybridized carbons (Fsp3) is 0.0714. The second-order valence-corrected chi connectivity index (χ2v) is 4.51. The molecule has 6 nitrogen and oxygen atoms in total. The van der Waals surface area contributed by atoms with E-state index < -0.39 is 0 Å². The van der Waals surface area contributed by atoms with E-state index in [4.69, 9.17) is 4.42 Å². The van der Waals surface area contributed by atoms with E-state index in [9.17, 15) is 0 Å². The van der Waals surface area contributed by atoms with Crippen molar-refractivity contribution in [3.63, 3.8) is 0 Å². The molecule has 0 aliphatic carbocycles. The number of nitrogens with zero attached hydrogens (tertiary/aromatic N) is 4. The molecule has 98 valence electrons. The Bertz CT molecular complexity index is 769. The summed E-state index contributed by atoms with van der Waals surface area (Å²) < 4.78 is 5.33. The van der Waals surface area contributed by atoms with Crippen LogP contribution in [-0.2, 0) is 0 Å². The minimum Gasteiger partial charge on any atom is -0.444 e. The molecular weight excluding hydrogens is 254 g/mol.